The fourth-order valence-electron chi connectivity index (χ4n) is 3.10. The molecule has 1 aliphatic rings. The minimum absolute atomic E-state index is 0.0697. The second-order valence-electron chi connectivity index (χ2n) is 8.58. The van der Waals surface area contributed by atoms with Gasteiger partial charge in [0.05, 0.1) is 19.4 Å². The number of carbonyl (C=O) groups excluding carboxylic acids is 4. The molecule has 0 spiro atoms. The van der Waals surface area contributed by atoms with Gasteiger partial charge in [-0.05, 0) is 46.1 Å². The third-order valence-electron chi connectivity index (χ3n) is 4.51. The van der Waals surface area contributed by atoms with Crippen LogP contribution in [-0.4, -0.2) is 59.5 Å². The molecule has 0 aromatic heterocycles. The summed E-state index contributed by atoms with van der Waals surface area (Å²) in [5, 5.41) is 2.67. The average Bonchev–Trinajstić information content (AvgIpc) is 3.49. The number of hydrogen-bond acceptors (Lipinski definition) is 6. The van der Waals surface area contributed by atoms with Crippen LogP contribution in [0.1, 0.15) is 52.5 Å². The summed E-state index contributed by atoms with van der Waals surface area (Å²) < 4.78 is 10.3. The normalized spacial score (nSPS) is 14.3. The molecule has 1 aromatic carbocycles. The van der Waals surface area contributed by atoms with Crippen LogP contribution in [0.5, 0.6) is 0 Å². The van der Waals surface area contributed by atoms with Crippen LogP contribution >= 0.6 is 0 Å². The maximum absolute atomic E-state index is 13.2. The second kappa shape index (κ2) is 10.9. The molecule has 170 valence electrons. The lowest BCUT2D eigenvalue weighted by atomic mass is 10.1. The first-order chi connectivity index (χ1) is 14.6. The minimum atomic E-state index is -1.12. The molecule has 0 bridgehead atoms. The number of esters is 2. The van der Waals surface area contributed by atoms with Crippen LogP contribution in [0.15, 0.2) is 30.3 Å². The average molecular weight is 433 g/mol. The van der Waals surface area contributed by atoms with Crippen LogP contribution in [0.4, 0.5) is 0 Å². The highest BCUT2D eigenvalue weighted by molar-refractivity contribution is 5.93. The van der Waals surface area contributed by atoms with E-state index in [-0.39, 0.29) is 37.9 Å². The van der Waals surface area contributed by atoms with Crippen LogP contribution < -0.4 is 5.32 Å². The van der Waals surface area contributed by atoms with Crippen LogP contribution in [-0.2, 0) is 35.1 Å². The van der Waals surface area contributed by atoms with Gasteiger partial charge in [-0.3, -0.25) is 19.2 Å². The molecule has 31 heavy (non-hydrogen) atoms. The van der Waals surface area contributed by atoms with E-state index in [1.54, 1.807) is 27.7 Å². The molecule has 0 aliphatic heterocycles. The molecule has 0 unspecified atom stereocenters. The van der Waals surface area contributed by atoms with Gasteiger partial charge >= 0.3 is 11.9 Å². The molecule has 0 heterocycles. The van der Waals surface area contributed by atoms with Crippen molar-refractivity contribution in [3.05, 3.63) is 35.9 Å². The molecular formula is C23H32N2O6. The number of rotatable bonds is 10. The molecule has 1 fully saturated rings. The minimum Gasteiger partial charge on any atom is -0.465 e. The first-order valence-electron chi connectivity index (χ1n) is 10.6. The summed E-state index contributed by atoms with van der Waals surface area (Å²) in [5.74, 6) is -1.99. The van der Waals surface area contributed by atoms with Gasteiger partial charge in [-0.15, -0.1) is 0 Å². The van der Waals surface area contributed by atoms with E-state index in [4.69, 9.17) is 9.47 Å². The molecule has 1 aromatic rings. The zero-order valence-electron chi connectivity index (χ0n) is 18.7. The van der Waals surface area contributed by atoms with Crippen molar-refractivity contribution in [2.75, 3.05) is 13.2 Å². The van der Waals surface area contributed by atoms with E-state index >= 15 is 0 Å². The lowest BCUT2D eigenvalue weighted by molar-refractivity contribution is -0.158. The Morgan fingerprint density at radius 3 is 2.29 bits per heavy atom. The third-order valence-corrected chi connectivity index (χ3v) is 4.51. The van der Waals surface area contributed by atoms with Gasteiger partial charge in [0.1, 0.15) is 18.2 Å². The molecule has 2 amide bonds. The molecule has 1 N–H and O–H groups in total. The van der Waals surface area contributed by atoms with Crippen molar-refractivity contribution >= 4 is 23.8 Å². The summed E-state index contributed by atoms with van der Waals surface area (Å²) in [5.41, 5.74) is 0.0638. The van der Waals surface area contributed by atoms with Crippen LogP contribution in [0.2, 0.25) is 0 Å². The number of hydrogen-bond donors (Lipinski definition) is 1. The Bertz CT molecular complexity index is 783. The Morgan fingerprint density at radius 1 is 1.10 bits per heavy atom. The van der Waals surface area contributed by atoms with Crippen molar-refractivity contribution < 1.29 is 28.7 Å². The number of nitrogens with zero attached hydrogens (tertiary/aromatic N) is 1. The fourth-order valence-corrected chi connectivity index (χ4v) is 3.10. The highest BCUT2D eigenvalue weighted by atomic mass is 16.6. The third kappa shape index (κ3) is 8.78. The van der Waals surface area contributed by atoms with Gasteiger partial charge in [-0.1, -0.05) is 30.3 Å². The first kappa shape index (κ1) is 24.4. The summed E-state index contributed by atoms with van der Waals surface area (Å²) >= 11 is 0. The van der Waals surface area contributed by atoms with Crippen molar-refractivity contribution in [2.24, 2.45) is 0 Å². The Hall–Kier alpha value is -2.90. The van der Waals surface area contributed by atoms with E-state index in [1.165, 1.54) is 4.90 Å². The molecular weight excluding hydrogens is 400 g/mol. The number of nitrogens with one attached hydrogen (secondary N) is 1. The predicted octanol–water partition coefficient (Wildman–Crippen LogP) is 2.00. The lowest BCUT2D eigenvalue weighted by Crippen LogP contribution is -2.52. The van der Waals surface area contributed by atoms with Gasteiger partial charge < -0.3 is 19.7 Å². The van der Waals surface area contributed by atoms with Gasteiger partial charge in [0.25, 0.3) is 0 Å². The zero-order chi connectivity index (χ0) is 23.0. The Labute approximate surface area is 183 Å². The summed E-state index contributed by atoms with van der Waals surface area (Å²) in [7, 11) is 0. The van der Waals surface area contributed by atoms with Crippen molar-refractivity contribution in [1.82, 2.24) is 10.2 Å². The summed E-state index contributed by atoms with van der Waals surface area (Å²) in [4.78, 5) is 51.7. The topological polar surface area (TPSA) is 102 Å². The number of amides is 2. The highest BCUT2D eigenvalue weighted by Gasteiger charge is 2.39. The summed E-state index contributed by atoms with van der Waals surface area (Å²) in [6, 6.07) is 7.88. The first-order valence-corrected chi connectivity index (χ1v) is 10.6. The molecule has 2 rings (SSSR count). The molecule has 0 saturated heterocycles. The number of benzene rings is 1. The standard InChI is InChI=1S/C23H32N2O6/c1-5-30-21(28)15-25(17-11-12-17)22(29)18(14-20(27)31-23(2,3)4)24-19(26)13-16-9-7-6-8-10-16/h6-10,17-18H,5,11-15H2,1-4H3,(H,24,26)/t18-/m0/s1. The van der Waals surface area contributed by atoms with Crippen LogP contribution in [0.25, 0.3) is 0 Å². The Morgan fingerprint density at radius 2 is 1.74 bits per heavy atom. The second-order valence-corrected chi connectivity index (χ2v) is 8.58. The maximum Gasteiger partial charge on any atom is 0.325 e. The van der Waals surface area contributed by atoms with Gasteiger partial charge in [0, 0.05) is 6.04 Å². The van der Waals surface area contributed by atoms with E-state index in [1.807, 2.05) is 30.3 Å². The van der Waals surface area contributed by atoms with E-state index in [0.717, 1.165) is 18.4 Å². The van der Waals surface area contributed by atoms with Gasteiger partial charge in [-0.2, -0.15) is 0 Å². The largest absolute Gasteiger partial charge is 0.465 e. The van der Waals surface area contributed by atoms with Crippen LogP contribution in [0.3, 0.4) is 0 Å². The van der Waals surface area contributed by atoms with Gasteiger partial charge in [0.15, 0.2) is 0 Å². The highest BCUT2D eigenvalue weighted by Crippen LogP contribution is 2.28. The monoisotopic (exact) mass is 432 g/mol. The SMILES string of the molecule is CCOC(=O)CN(C(=O)[C@H](CC(=O)OC(C)(C)C)NC(=O)Cc1ccccc1)C1CC1. The van der Waals surface area contributed by atoms with Crippen molar-refractivity contribution in [2.45, 2.75) is 71.1 Å². The molecule has 8 heteroatoms. The van der Waals surface area contributed by atoms with E-state index in [9.17, 15) is 19.2 Å². The molecule has 1 saturated carbocycles. The predicted molar refractivity (Wildman–Crippen MR) is 114 cm³/mol. The van der Waals surface area contributed by atoms with Crippen molar-refractivity contribution in [3.63, 3.8) is 0 Å². The molecule has 1 atom stereocenters. The van der Waals surface area contributed by atoms with Gasteiger partial charge in [0.2, 0.25) is 11.8 Å². The molecule has 1 aliphatic carbocycles. The quantitative estimate of drug-likeness (QED) is 0.568. The van der Waals surface area contributed by atoms with E-state index in [2.05, 4.69) is 5.32 Å². The van der Waals surface area contributed by atoms with Gasteiger partial charge in [-0.25, -0.2) is 0 Å². The number of ether oxygens (including phenoxy) is 2. The number of carbonyl (C=O) groups is 4. The lowest BCUT2D eigenvalue weighted by Gasteiger charge is -2.28. The fraction of sp³-hybridized carbons (Fsp3) is 0.565. The maximum atomic E-state index is 13.2. The zero-order valence-corrected chi connectivity index (χ0v) is 18.7. The summed E-state index contributed by atoms with van der Waals surface area (Å²) in [6.45, 7) is 6.88. The Kier molecular flexibility index (Phi) is 8.59. The van der Waals surface area contributed by atoms with Crippen molar-refractivity contribution in [1.29, 1.82) is 0 Å². The van der Waals surface area contributed by atoms with E-state index in [0.29, 0.717) is 0 Å². The van der Waals surface area contributed by atoms with Crippen LogP contribution in [0, 0.1) is 0 Å². The Balaban J connectivity index is 2.14. The van der Waals surface area contributed by atoms with Crippen molar-refractivity contribution in [3.8, 4) is 0 Å². The summed E-state index contributed by atoms with van der Waals surface area (Å²) in [6.07, 6.45) is 1.29. The smallest absolute Gasteiger partial charge is 0.325 e. The molecule has 0 radical (unpaired) electrons. The van der Waals surface area contributed by atoms with E-state index < -0.39 is 29.5 Å². The molecule has 8 nitrogen and oxygen atoms in total.